The molecule has 2 aromatic rings. The highest BCUT2D eigenvalue weighted by Gasteiger charge is 2.17. The quantitative estimate of drug-likeness (QED) is 0.606. The maximum Gasteiger partial charge on any atom is 0.244 e. The van der Waals surface area contributed by atoms with E-state index in [4.69, 9.17) is 4.74 Å². The molecule has 30 heavy (non-hydrogen) atoms. The standard InChI is InChI=1S/C22H27N3O4S/c1-4-25(13-20(26)24-18-10-5-6-11-19(18)29-3)22(28)15-30-14-21(27)23-17-9-7-8-16(2)12-17/h5-12H,4,13-15H2,1-3H3,(H,23,27)(H,24,26). The average molecular weight is 430 g/mol. The Hall–Kier alpha value is -3.00. The number of aryl methyl sites for hydroxylation is 1. The Labute approximate surface area is 181 Å². The summed E-state index contributed by atoms with van der Waals surface area (Å²) in [5.74, 6) is 0.158. The van der Waals surface area contributed by atoms with Gasteiger partial charge in [0.1, 0.15) is 5.75 Å². The number of hydrogen-bond donors (Lipinski definition) is 2. The first-order valence-corrected chi connectivity index (χ1v) is 10.7. The summed E-state index contributed by atoms with van der Waals surface area (Å²) in [7, 11) is 1.53. The van der Waals surface area contributed by atoms with Crippen molar-refractivity contribution in [3.8, 4) is 5.75 Å². The van der Waals surface area contributed by atoms with Crippen molar-refractivity contribution in [3.63, 3.8) is 0 Å². The van der Waals surface area contributed by atoms with E-state index in [0.29, 0.717) is 18.0 Å². The summed E-state index contributed by atoms with van der Waals surface area (Å²) in [6.45, 7) is 4.09. The van der Waals surface area contributed by atoms with Crippen LogP contribution in [-0.2, 0) is 14.4 Å². The number of carbonyl (C=O) groups excluding carboxylic acids is 3. The molecule has 2 rings (SSSR count). The van der Waals surface area contributed by atoms with Crippen LogP contribution in [0.2, 0.25) is 0 Å². The smallest absolute Gasteiger partial charge is 0.244 e. The number of nitrogens with one attached hydrogen (secondary N) is 2. The van der Waals surface area contributed by atoms with Crippen LogP contribution < -0.4 is 15.4 Å². The lowest BCUT2D eigenvalue weighted by atomic mass is 10.2. The van der Waals surface area contributed by atoms with Gasteiger partial charge >= 0.3 is 0 Å². The zero-order valence-electron chi connectivity index (χ0n) is 17.4. The van der Waals surface area contributed by atoms with Gasteiger partial charge in [0.25, 0.3) is 0 Å². The first-order chi connectivity index (χ1) is 14.4. The molecule has 0 aromatic heterocycles. The van der Waals surface area contributed by atoms with Crippen LogP contribution in [-0.4, -0.2) is 54.3 Å². The number of anilines is 2. The van der Waals surface area contributed by atoms with Crippen molar-refractivity contribution in [2.75, 3.05) is 42.3 Å². The van der Waals surface area contributed by atoms with Crippen molar-refractivity contribution in [1.29, 1.82) is 0 Å². The largest absolute Gasteiger partial charge is 0.495 e. The van der Waals surface area contributed by atoms with Gasteiger partial charge in [0, 0.05) is 12.2 Å². The fourth-order valence-electron chi connectivity index (χ4n) is 2.73. The molecular formula is C22H27N3O4S. The summed E-state index contributed by atoms with van der Waals surface area (Å²) < 4.78 is 5.21. The second-order valence-corrected chi connectivity index (χ2v) is 7.55. The van der Waals surface area contributed by atoms with E-state index in [1.807, 2.05) is 44.2 Å². The van der Waals surface area contributed by atoms with E-state index in [9.17, 15) is 14.4 Å². The molecular weight excluding hydrogens is 402 g/mol. The molecule has 0 aliphatic carbocycles. The third-order valence-corrected chi connectivity index (χ3v) is 5.13. The fraction of sp³-hybridized carbons (Fsp3) is 0.318. The summed E-state index contributed by atoms with van der Waals surface area (Å²) in [5, 5.41) is 5.57. The number of ether oxygens (including phenoxy) is 1. The molecule has 2 N–H and O–H groups in total. The Morgan fingerprint density at radius 1 is 1.00 bits per heavy atom. The first-order valence-electron chi connectivity index (χ1n) is 9.57. The Balaban J connectivity index is 1.78. The molecule has 0 atom stereocenters. The highest BCUT2D eigenvalue weighted by molar-refractivity contribution is 8.00. The molecule has 0 aliphatic rings. The van der Waals surface area contributed by atoms with Crippen LogP contribution in [0.4, 0.5) is 11.4 Å². The summed E-state index contributed by atoms with van der Waals surface area (Å²) >= 11 is 1.22. The normalized spacial score (nSPS) is 10.2. The van der Waals surface area contributed by atoms with Crippen LogP contribution in [0.1, 0.15) is 12.5 Å². The Morgan fingerprint density at radius 3 is 2.47 bits per heavy atom. The van der Waals surface area contributed by atoms with E-state index in [1.54, 1.807) is 18.2 Å². The maximum absolute atomic E-state index is 12.4. The van der Waals surface area contributed by atoms with Gasteiger partial charge in [-0.1, -0.05) is 24.3 Å². The predicted molar refractivity (Wildman–Crippen MR) is 121 cm³/mol. The van der Waals surface area contributed by atoms with Crippen molar-refractivity contribution in [2.24, 2.45) is 0 Å². The van der Waals surface area contributed by atoms with Crippen LogP contribution >= 0.6 is 11.8 Å². The number of rotatable bonds is 10. The molecule has 0 saturated heterocycles. The van der Waals surface area contributed by atoms with Gasteiger partial charge in [0.2, 0.25) is 17.7 Å². The van der Waals surface area contributed by atoms with Gasteiger partial charge in [-0.3, -0.25) is 14.4 Å². The van der Waals surface area contributed by atoms with Crippen molar-refractivity contribution in [2.45, 2.75) is 13.8 Å². The number of thioether (sulfide) groups is 1. The van der Waals surface area contributed by atoms with Gasteiger partial charge in [-0.2, -0.15) is 0 Å². The van der Waals surface area contributed by atoms with Crippen LogP contribution in [0.5, 0.6) is 5.75 Å². The highest BCUT2D eigenvalue weighted by atomic mass is 32.2. The Morgan fingerprint density at radius 2 is 1.77 bits per heavy atom. The number of benzene rings is 2. The summed E-state index contributed by atoms with van der Waals surface area (Å²) in [6.07, 6.45) is 0. The SMILES string of the molecule is CCN(CC(=O)Nc1ccccc1OC)C(=O)CSCC(=O)Nc1cccc(C)c1. The number of amides is 3. The molecule has 0 fully saturated rings. The fourth-order valence-corrected chi connectivity index (χ4v) is 3.45. The lowest BCUT2D eigenvalue weighted by molar-refractivity contribution is -0.132. The molecule has 0 radical (unpaired) electrons. The van der Waals surface area contributed by atoms with E-state index >= 15 is 0 Å². The van der Waals surface area contributed by atoms with Gasteiger partial charge in [0.05, 0.1) is 30.8 Å². The zero-order valence-corrected chi connectivity index (χ0v) is 18.3. The first kappa shape index (κ1) is 23.3. The molecule has 0 heterocycles. The molecule has 7 nitrogen and oxygen atoms in total. The zero-order chi connectivity index (χ0) is 21.9. The molecule has 3 amide bonds. The summed E-state index contributed by atoms with van der Waals surface area (Å²) in [4.78, 5) is 38.3. The number of likely N-dealkylation sites (N-methyl/N-ethyl adjacent to an activating group) is 1. The molecule has 8 heteroatoms. The van der Waals surface area contributed by atoms with E-state index < -0.39 is 0 Å². The minimum atomic E-state index is -0.308. The molecule has 0 saturated carbocycles. The number of carbonyl (C=O) groups is 3. The predicted octanol–water partition coefficient (Wildman–Crippen LogP) is 3.16. The number of hydrogen-bond acceptors (Lipinski definition) is 5. The summed E-state index contributed by atoms with van der Waals surface area (Å²) in [6, 6.07) is 14.6. The molecule has 160 valence electrons. The van der Waals surface area contributed by atoms with Crippen molar-refractivity contribution >= 4 is 40.9 Å². The Kier molecular flexibility index (Phi) is 9.21. The second kappa shape index (κ2) is 11.9. The van der Waals surface area contributed by atoms with Crippen molar-refractivity contribution in [3.05, 3.63) is 54.1 Å². The van der Waals surface area contributed by atoms with Gasteiger partial charge < -0.3 is 20.3 Å². The molecule has 0 aliphatic heterocycles. The van der Waals surface area contributed by atoms with Gasteiger partial charge in [-0.05, 0) is 43.7 Å². The molecule has 0 unspecified atom stereocenters. The minimum Gasteiger partial charge on any atom is -0.495 e. The molecule has 2 aromatic carbocycles. The number of para-hydroxylation sites is 2. The van der Waals surface area contributed by atoms with E-state index in [1.165, 1.54) is 23.8 Å². The maximum atomic E-state index is 12.4. The Bertz CT molecular complexity index is 888. The van der Waals surface area contributed by atoms with Crippen LogP contribution in [0, 0.1) is 6.92 Å². The molecule has 0 spiro atoms. The summed E-state index contributed by atoms with van der Waals surface area (Å²) in [5.41, 5.74) is 2.34. The van der Waals surface area contributed by atoms with Crippen molar-refractivity contribution in [1.82, 2.24) is 4.90 Å². The van der Waals surface area contributed by atoms with E-state index in [2.05, 4.69) is 10.6 Å². The van der Waals surface area contributed by atoms with Crippen molar-refractivity contribution < 1.29 is 19.1 Å². The highest BCUT2D eigenvalue weighted by Crippen LogP contribution is 2.22. The van der Waals surface area contributed by atoms with Crippen LogP contribution in [0.15, 0.2) is 48.5 Å². The average Bonchev–Trinajstić information content (AvgIpc) is 2.72. The van der Waals surface area contributed by atoms with E-state index in [0.717, 1.165) is 11.3 Å². The lowest BCUT2D eigenvalue weighted by Gasteiger charge is -2.20. The second-order valence-electron chi connectivity index (χ2n) is 6.57. The monoisotopic (exact) mass is 429 g/mol. The third kappa shape index (κ3) is 7.44. The van der Waals surface area contributed by atoms with Crippen LogP contribution in [0.3, 0.4) is 0 Å². The number of methoxy groups -OCH3 is 1. The van der Waals surface area contributed by atoms with Gasteiger partial charge in [0.15, 0.2) is 0 Å². The topological polar surface area (TPSA) is 87.7 Å². The van der Waals surface area contributed by atoms with Gasteiger partial charge in [-0.25, -0.2) is 0 Å². The minimum absolute atomic E-state index is 0.0660. The van der Waals surface area contributed by atoms with E-state index in [-0.39, 0.29) is 35.8 Å². The third-order valence-electron chi connectivity index (χ3n) is 4.21. The van der Waals surface area contributed by atoms with Crippen LogP contribution in [0.25, 0.3) is 0 Å². The number of nitrogens with zero attached hydrogens (tertiary/aromatic N) is 1. The molecule has 0 bridgehead atoms. The van der Waals surface area contributed by atoms with Gasteiger partial charge in [-0.15, -0.1) is 11.8 Å². The lowest BCUT2D eigenvalue weighted by Crippen LogP contribution is -2.39.